The first kappa shape index (κ1) is 12.4. The minimum atomic E-state index is -2.73. The molecule has 0 aromatic rings. The van der Waals surface area contributed by atoms with Crippen molar-refractivity contribution in [1.82, 2.24) is 0 Å². The van der Waals surface area contributed by atoms with E-state index < -0.39 is 15.4 Å². The molecular formula is C12H22O3S. The van der Waals surface area contributed by atoms with Gasteiger partial charge in [0.05, 0.1) is 17.1 Å². The van der Waals surface area contributed by atoms with Gasteiger partial charge in [0, 0.05) is 0 Å². The molecule has 1 aliphatic heterocycles. The lowest BCUT2D eigenvalue weighted by molar-refractivity contribution is 0.0318. The molecule has 1 heterocycles. The number of sulfone groups is 1. The SMILES string of the molecule is O=S1(=O)CCC(CCC2(O)CCCC2)CC1. The molecule has 1 saturated heterocycles. The molecule has 0 amide bonds. The Morgan fingerprint density at radius 1 is 1.12 bits per heavy atom. The minimum Gasteiger partial charge on any atom is -0.390 e. The summed E-state index contributed by atoms with van der Waals surface area (Å²) in [6.07, 6.45) is 7.67. The maximum atomic E-state index is 11.3. The maximum absolute atomic E-state index is 11.3. The Bertz CT molecular complexity index is 314. The molecule has 0 spiro atoms. The normalized spacial score (nSPS) is 29.3. The molecule has 1 aliphatic carbocycles. The lowest BCUT2D eigenvalue weighted by atomic mass is 9.88. The molecular weight excluding hydrogens is 224 g/mol. The van der Waals surface area contributed by atoms with Gasteiger partial charge in [-0.1, -0.05) is 12.8 Å². The molecule has 2 aliphatic rings. The number of hydrogen-bond donors (Lipinski definition) is 1. The van der Waals surface area contributed by atoms with Gasteiger partial charge in [-0.25, -0.2) is 8.42 Å². The summed E-state index contributed by atoms with van der Waals surface area (Å²) in [5.41, 5.74) is -0.420. The van der Waals surface area contributed by atoms with Crippen LogP contribution in [0.25, 0.3) is 0 Å². The molecule has 0 atom stereocenters. The van der Waals surface area contributed by atoms with Crippen LogP contribution in [0.1, 0.15) is 51.4 Å². The van der Waals surface area contributed by atoms with Gasteiger partial charge in [0.25, 0.3) is 0 Å². The van der Waals surface area contributed by atoms with Gasteiger partial charge in [-0.05, 0) is 44.4 Å². The van der Waals surface area contributed by atoms with Crippen LogP contribution in [0.15, 0.2) is 0 Å². The van der Waals surface area contributed by atoms with Gasteiger partial charge in [0.1, 0.15) is 9.84 Å². The zero-order valence-corrected chi connectivity index (χ0v) is 10.6. The molecule has 3 nitrogen and oxygen atoms in total. The second-order valence-electron chi connectivity index (χ2n) is 5.57. The van der Waals surface area contributed by atoms with Crippen molar-refractivity contribution >= 4 is 9.84 Å². The zero-order valence-electron chi connectivity index (χ0n) is 9.82. The van der Waals surface area contributed by atoms with Crippen LogP contribution in [0.3, 0.4) is 0 Å². The van der Waals surface area contributed by atoms with E-state index in [1.54, 1.807) is 0 Å². The van der Waals surface area contributed by atoms with E-state index in [1.807, 2.05) is 0 Å². The van der Waals surface area contributed by atoms with Crippen LogP contribution in [0.4, 0.5) is 0 Å². The highest BCUT2D eigenvalue weighted by Gasteiger charge is 2.32. The fraction of sp³-hybridized carbons (Fsp3) is 1.00. The maximum Gasteiger partial charge on any atom is 0.150 e. The summed E-state index contributed by atoms with van der Waals surface area (Å²) in [5.74, 6) is 1.24. The lowest BCUT2D eigenvalue weighted by Gasteiger charge is -2.27. The smallest absolute Gasteiger partial charge is 0.150 e. The first-order valence-electron chi connectivity index (χ1n) is 6.42. The topological polar surface area (TPSA) is 54.4 Å². The first-order chi connectivity index (χ1) is 7.49. The van der Waals surface area contributed by atoms with E-state index in [0.29, 0.717) is 17.4 Å². The summed E-state index contributed by atoms with van der Waals surface area (Å²) in [4.78, 5) is 0. The predicted octanol–water partition coefficient (Wildman–Crippen LogP) is 1.90. The van der Waals surface area contributed by atoms with E-state index in [0.717, 1.165) is 51.4 Å². The van der Waals surface area contributed by atoms with E-state index in [9.17, 15) is 13.5 Å². The van der Waals surface area contributed by atoms with Crippen molar-refractivity contribution < 1.29 is 13.5 Å². The Morgan fingerprint density at radius 3 is 2.25 bits per heavy atom. The van der Waals surface area contributed by atoms with Crippen LogP contribution in [-0.4, -0.2) is 30.6 Å². The summed E-state index contributed by atoms with van der Waals surface area (Å²) >= 11 is 0. The molecule has 1 saturated carbocycles. The lowest BCUT2D eigenvalue weighted by Crippen LogP contribution is -2.28. The van der Waals surface area contributed by atoms with Gasteiger partial charge in [0.15, 0.2) is 0 Å². The molecule has 16 heavy (non-hydrogen) atoms. The van der Waals surface area contributed by atoms with Gasteiger partial charge in [-0.3, -0.25) is 0 Å². The Labute approximate surface area is 98.2 Å². The van der Waals surface area contributed by atoms with Crippen molar-refractivity contribution in [1.29, 1.82) is 0 Å². The van der Waals surface area contributed by atoms with Gasteiger partial charge in [0.2, 0.25) is 0 Å². The molecule has 2 fully saturated rings. The van der Waals surface area contributed by atoms with E-state index >= 15 is 0 Å². The molecule has 1 N–H and O–H groups in total. The molecule has 0 unspecified atom stereocenters. The summed E-state index contributed by atoms with van der Waals surface area (Å²) in [7, 11) is -2.73. The number of hydrogen-bond acceptors (Lipinski definition) is 3. The monoisotopic (exact) mass is 246 g/mol. The van der Waals surface area contributed by atoms with Crippen molar-refractivity contribution in [2.75, 3.05) is 11.5 Å². The summed E-state index contributed by atoms with van der Waals surface area (Å²) in [6.45, 7) is 0. The molecule has 0 aromatic carbocycles. The number of rotatable bonds is 3. The van der Waals surface area contributed by atoms with Crippen molar-refractivity contribution in [3.63, 3.8) is 0 Å². The number of aliphatic hydroxyl groups is 1. The van der Waals surface area contributed by atoms with Crippen LogP contribution in [-0.2, 0) is 9.84 Å². The first-order valence-corrected chi connectivity index (χ1v) is 8.24. The molecule has 94 valence electrons. The highest BCUT2D eigenvalue weighted by molar-refractivity contribution is 7.91. The van der Waals surface area contributed by atoms with Crippen LogP contribution >= 0.6 is 0 Å². The third-order valence-electron chi connectivity index (χ3n) is 4.23. The molecule has 0 radical (unpaired) electrons. The molecule has 4 heteroatoms. The summed E-state index contributed by atoms with van der Waals surface area (Å²) in [5, 5.41) is 10.2. The predicted molar refractivity (Wildman–Crippen MR) is 64.0 cm³/mol. The second kappa shape index (κ2) is 4.65. The van der Waals surface area contributed by atoms with Crippen LogP contribution in [0.2, 0.25) is 0 Å². The van der Waals surface area contributed by atoms with E-state index in [4.69, 9.17) is 0 Å². The van der Waals surface area contributed by atoms with Crippen LogP contribution < -0.4 is 0 Å². The Hall–Kier alpha value is -0.0900. The summed E-state index contributed by atoms with van der Waals surface area (Å²) < 4.78 is 22.5. The van der Waals surface area contributed by atoms with Crippen molar-refractivity contribution in [2.24, 2.45) is 5.92 Å². The van der Waals surface area contributed by atoms with Gasteiger partial charge in [-0.15, -0.1) is 0 Å². The van der Waals surface area contributed by atoms with Crippen molar-refractivity contribution in [2.45, 2.75) is 57.0 Å². The van der Waals surface area contributed by atoms with Gasteiger partial charge < -0.3 is 5.11 Å². The van der Waals surface area contributed by atoms with Gasteiger partial charge >= 0.3 is 0 Å². The highest BCUT2D eigenvalue weighted by Crippen LogP contribution is 2.35. The third-order valence-corrected chi connectivity index (χ3v) is 5.94. The standard InChI is InChI=1S/C12H22O3S/c13-12(6-1-2-7-12)8-3-11-4-9-16(14,15)10-5-11/h11,13H,1-10H2. The molecule has 2 rings (SSSR count). The van der Waals surface area contributed by atoms with E-state index in [-0.39, 0.29) is 0 Å². The molecule has 0 aromatic heterocycles. The van der Waals surface area contributed by atoms with Crippen LogP contribution in [0.5, 0.6) is 0 Å². The van der Waals surface area contributed by atoms with E-state index in [1.165, 1.54) is 0 Å². The van der Waals surface area contributed by atoms with Gasteiger partial charge in [-0.2, -0.15) is 0 Å². The largest absolute Gasteiger partial charge is 0.390 e. The average Bonchev–Trinajstić information content (AvgIpc) is 2.64. The van der Waals surface area contributed by atoms with E-state index in [2.05, 4.69) is 0 Å². The Morgan fingerprint density at radius 2 is 1.69 bits per heavy atom. The quantitative estimate of drug-likeness (QED) is 0.827. The Kier molecular flexibility index (Phi) is 3.59. The average molecular weight is 246 g/mol. The third kappa shape index (κ3) is 3.20. The second-order valence-corrected chi connectivity index (χ2v) is 7.87. The van der Waals surface area contributed by atoms with Crippen molar-refractivity contribution in [3.05, 3.63) is 0 Å². The van der Waals surface area contributed by atoms with Crippen LogP contribution in [0, 0.1) is 5.92 Å². The molecule has 0 bridgehead atoms. The zero-order chi connectivity index (χ0) is 11.6. The summed E-state index contributed by atoms with van der Waals surface area (Å²) in [6, 6.07) is 0. The minimum absolute atomic E-state index is 0.357. The highest BCUT2D eigenvalue weighted by atomic mass is 32.2. The fourth-order valence-corrected chi connectivity index (χ4v) is 4.57. The van der Waals surface area contributed by atoms with Crippen molar-refractivity contribution in [3.8, 4) is 0 Å². The Balaban J connectivity index is 1.75. The fourth-order valence-electron chi connectivity index (χ4n) is 2.98.